The number of halogens is 1. The lowest BCUT2D eigenvalue weighted by atomic mass is 9.93. The molecular formula is C30H30FN5O5. The fraction of sp³-hybridized carbons (Fsp3) is 0.333. The van der Waals surface area contributed by atoms with E-state index in [0.29, 0.717) is 34.8 Å². The van der Waals surface area contributed by atoms with Crippen LogP contribution < -0.4 is 9.47 Å². The number of pyridine rings is 1. The highest BCUT2D eigenvalue weighted by molar-refractivity contribution is 5.95. The number of carboxylic acid groups (broad SMARTS) is 1. The second kappa shape index (κ2) is 12.3. The van der Waals surface area contributed by atoms with E-state index >= 15 is 0 Å². The summed E-state index contributed by atoms with van der Waals surface area (Å²) in [6.45, 7) is 2.12. The zero-order valence-electron chi connectivity index (χ0n) is 22.6. The lowest BCUT2D eigenvalue weighted by Gasteiger charge is -2.31. The van der Waals surface area contributed by atoms with Crippen molar-refractivity contribution in [1.82, 2.24) is 19.4 Å². The Hall–Kier alpha value is -4.53. The van der Waals surface area contributed by atoms with E-state index in [2.05, 4.69) is 9.88 Å². The number of aliphatic hydroxyl groups excluding tert-OH is 1. The van der Waals surface area contributed by atoms with Crippen LogP contribution in [0.5, 0.6) is 11.6 Å². The van der Waals surface area contributed by atoms with Crippen molar-refractivity contribution < 1.29 is 28.9 Å². The Morgan fingerprint density at radius 2 is 1.95 bits per heavy atom. The van der Waals surface area contributed by atoms with Crippen LogP contribution in [0.3, 0.4) is 0 Å². The first-order chi connectivity index (χ1) is 19.9. The van der Waals surface area contributed by atoms with Gasteiger partial charge in [0.15, 0.2) is 0 Å². The molecule has 0 saturated carbocycles. The monoisotopic (exact) mass is 559 g/mol. The number of aryl methyl sites for hydroxylation is 1. The van der Waals surface area contributed by atoms with Gasteiger partial charge in [-0.2, -0.15) is 5.26 Å². The smallest absolute Gasteiger partial charge is 0.335 e. The summed E-state index contributed by atoms with van der Waals surface area (Å²) in [7, 11) is 1.86. The van der Waals surface area contributed by atoms with Gasteiger partial charge in [-0.25, -0.2) is 19.2 Å². The topological polar surface area (TPSA) is 134 Å². The van der Waals surface area contributed by atoms with Crippen molar-refractivity contribution in [3.63, 3.8) is 0 Å². The van der Waals surface area contributed by atoms with Gasteiger partial charge in [0.2, 0.25) is 5.88 Å². The Bertz CT molecular complexity index is 1610. The number of rotatable bonds is 10. The summed E-state index contributed by atoms with van der Waals surface area (Å²) in [5.74, 6) is 0.259. The van der Waals surface area contributed by atoms with Crippen molar-refractivity contribution in [2.75, 3.05) is 26.3 Å². The predicted octanol–water partition coefficient (Wildman–Crippen LogP) is 4.01. The number of fused-ring (bicyclic) bond motifs is 1. The highest BCUT2D eigenvalue weighted by atomic mass is 19.1. The largest absolute Gasteiger partial charge is 0.489 e. The number of ether oxygens (including phenoxy) is 2. The molecule has 0 unspecified atom stereocenters. The van der Waals surface area contributed by atoms with Gasteiger partial charge < -0.3 is 24.3 Å². The van der Waals surface area contributed by atoms with E-state index in [-0.39, 0.29) is 36.9 Å². The Balaban J connectivity index is 1.22. The third-order valence-electron chi connectivity index (χ3n) is 7.31. The van der Waals surface area contributed by atoms with Crippen LogP contribution in [-0.4, -0.2) is 61.9 Å². The van der Waals surface area contributed by atoms with Crippen LogP contribution in [0.2, 0.25) is 0 Å². The van der Waals surface area contributed by atoms with Gasteiger partial charge in [0, 0.05) is 30.3 Å². The summed E-state index contributed by atoms with van der Waals surface area (Å²) in [4.78, 5) is 23.4. The molecule has 0 atom stereocenters. The minimum Gasteiger partial charge on any atom is -0.489 e. The highest BCUT2D eigenvalue weighted by Gasteiger charge is 2.24. The second-order valence-corrected chi connectivity index (χ2v) is 9.96. The summed E-state index contributed by atoms with van der Waals surface area (Å²) in [6.07, 6.45) is 1.78. The average Bonchev–Trinajstić information content (AvgIpc) is 3.30. The van der Waals surface area contributed by atoms with Gasteiger partial charge in [0.1, 0.15) is 36.1 Å². The number of piperidine rings is 1. The SMILES string of the molecule is Cn1c(CN2CCC(c3cccc(OCc4ccc(C#N)cc4F)n3)CC2)nc2c(OCCO)cc(C(=O)O)cc21. The molecule has 0 aliphatic carbocycles. The number of hydrogen-bond acceptors (Lipinski definition) is 8. The normalized spacial score (nSPS) is 14.2. The number of nitriles is 1. The molecule has 0 bridgehead atoms. The number of aliphatic hydroxyl groups is 1. The fourth-order valence-corrected chi connectivity index (χ4v) is 5.05. The molecule has 0 amide bonds. The molecule has 41 heavy (non-hydrogen) atoms. The van der Waals surface area contributed by atoms with E-state index in [1.54, 1.807) is 24.3 Å². The maximum Gasteiger partial charge on any atom is 0.335 e. The zero-order valence-corrected chi connectivity index (χ0v) is 22.6. The molecule has 0 spiro atoms. The molecule has 212 valence electrons. The van der Waals surface area contributed by atoms with Gasteiger partial charge >= 0.3 is 5.97 Å². The van der Waals surface area contributed by atoms with Gasteiger partial charge in [0.25, 0.3) is 0 Å². The number of nitrogens with zero attached hydrogens (tertiary/aromatic N) is 5. The van der Waals surface area contributed by atoms with Gasteiger partial charge in [-0.05, 0) is 56.3 Å². The molecule has 1 saturated heterocycles. The van der Waals surface area contributed by atoms with E-state index in [1.807, 2.05) is 29.8 Å². The average molecular weight is 560 g/mol. The third kappa shape index (κ3) is 6.29. The standard InChI is InChI=1S/C30H30FN5O5/c1-35-25-14-22(30(38)39)15-26(40-12-11-37)29(25)34-27(35)17-36-9-7-20(8-10-36)24-3-2-4-28(33-24)41-18-21-6-5-19(16-32)13-23(21)31/h2-6,13-15,20,37H,7-12,17-18H2,1H3,(H,38,39). The number of aromatic nitrogens is 3. The molecule has 1 aliphatic rings. The number of benzene rings is 2. The highest BCUT2D eigenvalue weighted by Crippen LogP contribution is 2.31. The Morgan fingerprint density at radius 3 is 2.66 bits per heavy atom. The predicted molar refractivity (Wildman–Crippen MR) is 147 cm³/mol. The number of hydrogen-bond donors (Lipinski definition) is 2. The van der Waals surface area contributed by atoms with E-state index in [4.69, 9.17) is 24.8 Å². The summed E-state index contributed by atoms with van der Waals surface area (Å²) in [5, 5.41) is 27.6. The van der Waals surface area contributed by atoms with Crippen LogP contribution in [0.25, 0.3) is 11.0 Å². The Morgan fingerprint density at radius 1 is 1.15 bits per heavy atom. The van der Waals surface area contributed by atoms with Crippen molar-refractivity contribution in [1.29, 1.82) is 5.26 Å². The third-order valence-corrected chi connectivity index (χ3v) is 7.31. The van der Waals surface area contributed by atoms with E-state index in [9.17, 15) is 14.3 Å². The van der Waals surface area contributed by atoms with Crippen molar-refractivity contribution in [2.45, 2.75) is 31.9 Å². The molecule has 10 nitrogen and oxygen atoms in total. The molecule has 1 fully saturated rings. The molecule has 5 rings (SSSR count). The molecule has 0 radical (unpaired) electrons. The van der Waals surface area contributed by atoms with Crippen LogP contribution in [0.1, 0.15) is 51.8 Å². The second-order valence-electron chi connectivity index (χ2n) is 9.96. The molecule has 4 aromatic rings. The van der Waals surface area contributed by atoms with Crippen LogP contribution >= 0.6 is 0 Å². The molecule has 2 aromatic carbocycles. The fourth-order valence-electron chi connectivity index (χ4n) is 5.05. The van der Waals surface area contributed by atoms with E-state index in [0.717, 1.165) is 37.4 Å². The van der Waals surface area contributed by atoms with Crippen LogP contribution in [-0.2, 0) is 20.2 Å². The van der Waals surface area contributed by atoms with Crippen LogP contribution in [0.15, 0.2) is 48.5 Å². The maximum absolute atomic E-state index is 14.2. The number of imidazole rings is 1. The van der Waals surface area contributed by atoms with Gasteiger partial charge in [-0.15, -0.1) is 0 Å². The number of aromatic carboxylic acids is 1. The number of carboxylic acids is 1. The van der Waals surface area contributed by atoms with Crippen molar-refractivity contribution in [2.24, 2.45) is 7.05 Å². The quantitative estimate of drug-likeness (QED) is 0.296. The Labute approximate surface area is 236 Å². The molecule has 3 heterocycles. The summed E-state index contributed by atoms with van der Waals surface area (Å²) in [6, 6.07) is 14.9. The number of carbonyl (C=O) groups is 1. The van der Waals surface area contributed by atoms with Crippen molar-refractivity contribution >= 4 is 17.0 Å². The lowest BCUT2D eigenvalue weighted by Crippen LogP contribution is -2.33. The first-order valence-electron chi connectivity index (χ1n) is 13.3. The molecule has 11 heteroatoms. The maximum atomic E-state index is 14.2. The van der Waals surface area contributed by atoms with E-state index in [1.165, 1.54) is 12.1 Å². The van der Waals surface area contributed by atoms with E-state index < -0.39 is 11.8 Å². The summed E-state index contributed by atoms with van der Waals surface area (Å²) < 4.78 is 27.5. The lowest BCUT2D eigenvalue weighted by molar-refractivity contribution is 0.0696. The van der Waals surface area contributed by atoms with Crippen LogP contribution in [0.4, 0.5) is 4.39 Å². The molecular weight excluding hydrogens is 529 g/mol. The first-order valence-corrected chi connectivity index (χ1v) is 13.3. The zero-order chi connectivity index (χ0) is 28.9. The summed E-state index contributed by atoms with van der Waals surface area (Å²) in [5.41, 5.74) is 2.87. The van der Waals surface area contributed by atoms with Gasteiger partial charge in [-0.3, -0.25) is 4.90 Å². The minimum absolute atomic E-state index is 0.0190. The van der Waals surface area contributed by atoms with Crippen molar-refractivity contribution in [3.05, 3.63) is 82.6 Å². The molecule has 2 N–H and O–H groups in total. The first kappa shape index (κ1) is 28.0. The molecule has 1 aliphatic heterocycles. The number of likely N-dealkylation sites (tertiary alicyclic amines) is 1. The summed E-state index contributed by atoms with van der Waals surface area (Å²) >= 11 is 0. The van der Waals surface area contributed by atoms with Gasteiger partial charge in [0.05, 0.1) is 35.9 Å². The Kier molecular flexibility index (Phi) is 8.42. The van der Waals surface area contributed by atoms with Crippen LogP contribution in [0, 0.1) is 17.1 Å². The minimum atomic E-state index is -1.06. The van der Waals surface area contributed by atoms with Crippen molar-refractivity contribution in [3.8, 4) is 17.7 Å². The van der Waals surface area contributed by atoms with Gasteiger partial charge in [-0.1, -0.05) is 12.1 Å². The molecule has 2 aromatic heterocycles.